The van der Waals surface area contributed by atoms with Crippen LogP contribution in [-0.2, 0) is 28.7 Å². The van der Waals surface area contributed by atoms with Gasteiger partial charge in [0.1, 0.15) is 17.4 Å². The summed E-state index contributed by atoms with van der Waals surface area (Å²) in [4.78, 5) is 16.4. The molecule has 0 aliphatic rings. The molecular formula is C23H22F3NO4S. The van der Waals surface area contributed by atoms with E-state index in [1.165, 1.54) is 23.5 Å². The molecule has 0 spiro atoms. The fraction of sp³-hybridized carbons (Fsp3) is 0.304. The van der Waals surface area contributed by atoms with E-state index in [9.17, 15) is 23.1 Å². The van der Waals surface area contributed by atoms with Crippen LogP contribution in [0.25, 0.3) is 10.6 Å². The van der Waals surface area contributed by atoms with E-state index >= 15 is 0 Å². The van der Waals surface area contributed by atoms with Gasteiger partial charge in [0.25, 0.3) is 0 Å². The van der Waals surface area contributed by atoms with Crippen LogP contribution >= 0.6 is 11.3 Å². The summed E-state index contributed by atoms with van der Waals surface area (Å²) in [6.45, 7) is 4.21. The fourth-order valence-electron chi connectivity index (χ4n) is 3.07. The molecule has 1 heterocycles. The maximum atomic E-state index is 12.7. The molecule has 32 heavy (non-hydrogen) atoms. The summed E-state index contributed by atoms with van der Waals surface area (Å²) in [5.41, 5.74) is 1.66. The SMILES string of the molecule is CCOC(Cc1ccc(OCc2cnc(-c3ccc(C(F)(F)F)cc3)s2)cc1C)C(=O)O. The van der Waals surface area contributed by atoms with Crippen molar-refractivity contribution in [1.82, 2.24) is 4.98 Å². The van der Waals surface area contributed by atoms with Crippen LogP contribution in [0.3, 0.4) is 0 Å². The van der Waals surface area contributed by atoms with E-state index in [0.717, 1.165) is 28.1 Å². The number of hydrogen-bond acceptors (Lipinski definition) is 5. The van der Waals surface area contributed by atoms with Crippen LogP contribution in [0.5, 0.6) is 5.75 Å². The van der Waals surface area contributed by atoms with Crippen LogP contribution in [0, 0.1) is 6.92 Å². The molecule has 0 amide bonds. The number of alkyl halides is 3. The van der Waals surface area contributed by atoms with E-state index in [4.69, 9.17) is 9.47 Å². The van der Waals surface area contributed by atoms with Crippen molar-refractivity contribution in [3.05, 3.63) is 70.2 Å². The van der Waals surface area contributed by atoms with Gasteiger partial charge < -0.3 is 14.6 Å². The third-order valence-electron chi connectivity index (χ3n) is 4.76. The van der Waals surface area contributed by atoms with Gasteiger partial charge in [0.2, 0.25) is 0 Å². The summed E-state index contributed by atoms with van der Waals surface area (Å²) >= 11 is 1.34. The Morgan fingerprint density at radius 2 is 1.91 bits per heavy atom. The van der Waals surface area contributed by atoms with Crippen molar-refractivity contribution in [2.24, 2.45) is 0 Å². The Morgan fingerprint density at radius 1 is 1.19 bits per heavy atom. The molecular weight excluding hydrogens is 443 g/mol. The van der Waals surface area contributed by atoms with Gasteiger partial charge >= 0.3 is 12.1 Å². The zero-order valence-electron chi connectivity index (χ0n) is 17.5. The topological polar surface area (TPSA) is 68.7 Å². The second-order valence-electron chi connectivity index (χ2n) is 7.07. The first-order chi connectivity index (χ1) is 15.2. The van der Waals surface area contributed by atoms with Gasteiger partial charge in [0.05, 0.1) is 10.4 Å². The van der Waals surface area contributed by atoms with Crippen LogP contribution in [0.4, 0.5) is 13.2 Å². The summed E-state index contributed by atoms with van der Waals surface area (Å²) in [7, 11) is 0. The van der Waals surface area contributed by atoms with Crippen molar-refractivity contribution in [2.45, 2.75) is 39.2 Å². The van der Waals surface area contributed by atoms with Gasteiger partial charge in [0.15, 0.2) is 6.10 Å². The molecule has 1 atom stereocenters. The van der Waals surface area contributed by atoms with Crippen molar-refractivity contribution in [2.75, 3.05) is 6.61 Å². The van der Waals surface area contributed by atoms with Gasteiger partial charge in [-0.3, -0.25) is 0 Å². The molecule has 9 heteroatoms. The normalized spacial score (nSPS) is 12.5. The van der Waals surface area contributed by atoms with Crippen LogP contribution < -0.4 is 4.74 Å². The van der Waals surface area contributed by atoms with Crippen molar-refractivity contribution in [3.63, 3.8) is 0 Å². The third kappa shape index (κ3) is 6.08. The zero-order chi connectivity index (χ0) is 23.3. The second-order valence-corrected chi connectivity index (χ2v) is 8.19. The van der Waals surface area contributed by atoms with Crippen molar-refractivity contribution >= 4 is 17.3 Å². The summed E-state index contributed by atoms with van der Waals surface area (Å²) in [6.07, 6.45) is -3.36. The quantitative estimate of drug-likeness (QED) is 0.436. The lowest BCUT2D eigenvalue weighted by molar-refractivity contribution is -0.150. The molecule has 1 aromatic heterocycles. The summed E-state index contributed by atoms with van der Waals surface area (Å²) in [6, 6.07) is 10.3. The number of halogens is 3. The molecule has 0 radical (unpaired) electrons. The van der Waals surface area contributed by atoms with E-state index in [1.54, 1.807) is 19.2 Å². The Labute approximate surface area is 187 Å². The summed E-state index contributed by atoms with van der Waals surface area (Å²) in [5.74, 6) is -0.375. The van der Waals surface area contributed by atoms with Gasteiger partial charge in [0, 0.05) is 24.8 Å². The Morgan fingerprint density at radius 3 is 2.50 bits per heavy atom. The highest BCUT2D eigenvalue weighted by Gasteiger charge is 2.30. The maximum absolute atomic E-state index is 12.7. The molecule has 3 aromatic rings. The number of carboxylic acids is 1. The Balaban J connectivity index is 1.62. The Kier molecular flexibility index (Phi) is 7.52. The van der Waals surface area contributed by atoms with Gasteiger partial charge in [-0.2, -0.15) is 13.2 Å². The highest BCUT2D eigenvalue weighted by atomic mass is 32.1. The standard InChI is InChI=1S/C23H22F3NO4S/c1-3-30-20(22(28)29)11-16-6-9-18(10-14(16)2)31-13-19-12-27-21(32-19)15-4-7-17(8-5-15)23(24,25)26/h4-10,12,20H,3,11,13H2,1-2H3,(H,28,29). The van der Waals surface area contributed by atoms with Crippen LogP contribution in [0.15, 0.2) is 48.7 Å². The number of carbonyl (C=O) groups is 1. The zero-order valence-corrected chi connectivity index (χ0v) is 18.3. The van der Waals surface area contributed by atoms with E-state index < -0.39 is 23.8 Å². The molecule has 170 valence electrons. The first kappa shape index (κ1) is 23.7. The van der Waals surface area contributed by atoms with Crippen LogP contribution in [0.2, 0.25) is 0 Å². The highest BCUT2D eigenvalue weighted by Crippen LogP contribution is 2.32. The molecule has 5 nitrogen and oxygen atoms in total. The minimum Gasteiger partial charge on any atom is -0.488 e. The molecule has 3 rings (SSSR count). The number of aromatic nitrogens is 1. The number of ether oxygens (including phenoxy) is 2. The number of hydrogen-bond donors (Lipinski definition) is 1. The van der Waals surface area contributed by atoms with Gasteiger partial charge in [-0.1, -0.05) is 18.2 Å². The number of nitrogens with zero attached hydrogens (tertiary/aromatic N) is 1. The molecule has 0 bridgehead atoms. The lowest BCUT2D eigenvalue weighted by Crippen LogP contribution is -2.26. The highest BCUT2D eigenvalue weighted by molar-refractivity contribution is 7.15. The van der Waals surface area contributed by atoms with Crippen molar-refractivity contribution in [1.29, 1.82) is 0 Å². The number of benzene rings is 2. The van der Waals surface area contributed by atoms with Gasteiger partial charge in [-0.05, 0) is 49.2 Å². The predicted octanol–water partition coefficient (Wildman–Crippen LogP) is 5.75. The molecule has 0 saturated carbocycles. The molecule has 0 aliphatic heterocycles. The van der Waals surface area contributed by atoms with E-state index in [0.29, 0.717) is 22.9 Å². The maximum Gasteiger partial charge on any atom is 0.416 e. The minimum atomic E-state index is -4.37. The molecule has 0 saturated heterocycles. The molecule has 0 aliphatic carbocycles. The molecule has 1 N–H and O–H groups in total. The molecule has 1 unspecified atom stereocenters. The summed E-state index contributed by atoms with van der Waals surface area (Å²) in [5, 5.41) is 9.86. The second kappa shape index (κ2) is 10.1. The molecule has 2 aromatic carbocycles. The van der Waals surface area contributed by atoms with Crippen LogP contribution in [0.1, 0.15) is 28.5 Å². The lowest BCUT2D eigenvalue weighted by atomic mass is 10.0. The van der Waals surface area contributed by atoms with Crippen molar-refractivity contribution < 1.29 is 32.5 Å². The van der Waals surface area contributed by atoms with Crippen LogP contribution in [-0.4, -0.2) is 28.8 Å². The minimum absolute atomic E-state index is 0.258. The van der Waals surface area contributed by atoms with E-state index in [2.05, 4.69) is 4.98 Å². The molecule has 0 fully saturated rings. The lowest BCUT2D eigenvalue weighted by Gasteiger charge is -2.15. The Bertz CT molecular complexity index is 1060. The predicted molar refractivity (Wildman–Crippen MR) is 115 cm³/mol. The first-order valence-electron chi connectivity index (χ1n) is 9.86. The average Bonchev–Trinajstić information content (AvgIpc) is 3.22. The number of aryl methyl sites for hydroxylation is 1. The van der Waals surface area contributed by atoms with E-state index in [1.807, 2.05) is 19.1 Å². The number of carboxylic acid groups (broad SMARTS) is 1. The number of aliphatic carboxylic acids is 1. The van der Waals surface area contributed by atoms with Gasteiger partial charge in [-0.25, -0.2) is 9.78 Å². The largest absolute Gasteiger partial charge is 0.488 e. The van der Waals surface area contributed by atoms with E-state index in [-0.39, 0.29) is 13.0 Å². The smallest absolute Gasteiger partial charge is 0.416 e. The Hall–Kier alpha value is -2.91. The number of rotatable bonds is 9. The first-order valence-corrected chi connectivity index (χ1v) is 10.7. The average molecular weight is 465 g/mol. The third-order valence-corrected chi connectivity index (χ3v) is 5.78. The number of thiazole rings is 1. The van der Waals surface area contributed by atoms with Gasteiger partial charge in [-0.15, -0.1) is 11.3 Å². The fourth-order valence-corrected chi connectivity index (χ4v) is 3.90. The monoisotopic (exact) mass is 465 g/mol. The van der Waals surface area contributed by atoms with Crippen molar-refractivity contribution in [3.8, 4) is 16.3 Å². The summed E-state index contributed by atoms with van der Waals surface area (Å²) < 4.78 is 49.2.